The van der Waals surface area contributed by atoms with Crippen LogP contribution in [0.1, 0.15) is 19.7 Å². The van der Waals surface area contributed by atoms with E-state index in [1.807, 2.05) is 36.4 Å². The average Bonchev–Trinajstić information content (AvgIpc) is 2.68. The maximum atomic E-state index is 13.8. The van der Waals surface area contributed by atoms with Crippen LogP contribution < -0.4 is 5.32 Å². The Morgan fingerprint density at radius 2 is 2.24 bits per heavy atom. The van der Waals surface area contributed by atoms with Crippen LogP contribution in [0.5, 0.6) is 0 Å². The molecule has 0 bridgehead atoms. The summed E-state index contributed by atoms with van der Waals surface area (Å²) in [5.41, 5.74) is 1.30. The first-order chi connectivity index (χ1) is 9.92. The van der Waals surface area contributed by atoms with Crippen molar-refractivity contribution in [2.75, 3.05) is 5.88 Å². The Morgan fingerprint density at radius 3 is 2.86 bits per heavy atom. The molecule has 4 nitrogen and oxygen atoms in total. The normalized spacial score (nSPS) is 11.3. The molecular weight excluding hydrogens is 408 g/mol. The van der Waals surface area contributed by atoms with Crippen molar-refractivity contribution in [2.45, 2.75) is 32.9 Å². The molecule has 2 rings (SSSR count). The minimum absolute atomic E-state index is 0.0569. The van der Waals surface area contributed by atoms with Gasteiger partial charge >= 0.3 is 0 Å². The summed E-state index contributed by atoms with van der Waals surface area (Å²) in [6.45, 7) is 3.90. The van der Waals surface area contributed by atoms with Crippen molar-refractivity contribution in [2.24, 2.45) is 0 Å². The highest BCUT2D eigenvalue weighted by molar-refractivity contribution is 14.1. The molecule has 0 unspecified atom stereocenters. The average molecular weight is 424 g/mol. The second kappa shape index (κ2) is 6.91. The van der Waals surface area contributed by atoms with Crippen LogP contribution in [0.25, 0.3) is 11.0 Å². The second-order valence-electron chi connectivity index (χ2n) is 5.03. The highest BCUT2D eigenvalue weighted by Gasteiger charge is 2.16. The van der Waals surface area contributed by atoms with Gasteiger partial charge in [-0.1, -0.05) is 0 Å². The van der Waals surface area contributed by atoms with Crippen LogP contribution in [0, 0.1) is 9.39 Å². The molecule has 0 atom stereocenters. The first-order valence-electron chi connectivity index (χ1n) is 6.62. The first kappa shape index (κ1) is 16.5. The molecule has 0 saturated carbocycles. The molecule has 1 aromatic heterocycles. The van der Waals surface area contributed by atoms with Gasteiger partial charge in [0.1, 0.15) is 18.2 Å². The lowest BCUT2D eigenvalue weighted by atomic mass is 10.3. The summed E-state index contributed by atoms with van der Waals surface area (Å²) in [6.07, 6.45) is 0.531. The third-order valence-electron chi connectivity index (χ3n) is 2.94. The van der Waals surface area contributed by atoms with Crippen molar-refractivity contribution in [3.63, 3.8) is 0 Å². The summed E-state index contributed by atoms with van der Waals surface area (Å²) in [4.78, 5) is 16.4. The number of fused-ring (bicyclic) bond motifs is 1. The molecule has 0 aliphatic rings. The van der Waals surface area contributed by atoms with Crippen molar-refractivity contribution >= 4 is 51.1 Å². The summed E-state index contributed by atoms with van der Waals surface area (Å²) in [5, 5.41) is 2.83. The molecule has 2 aromatic rings. The van der Waals surface area contributed by atoms with Gasteiger partial charge in [-0.2, -0.15) is 0 Å². The summed E-state index contributed by atoms with van der Waals surface area (Å²) in [7, 11) is 0. The topological polar surface area (TPSA) is 46.9 Å². The zero-order valence-corrected chi connectivity index (χ0v) is 14.7. The Bertz CT molecular complexity index is 672. The van der Waals surface area contributed by atoms with Crippen LogP contribution in [-0.2, 0) is 17.8 Å². The summed E-state index contributed by atoms with van der Waals surface area (Å²) in [6, 6.07) is 3.16. The van der Waals surface area contributed by atoms with Gasteiger partial charge in [0, 0.05) is 24.4 Å². The maximum absolute atomic E-state index is 13.8. The van der Waals surface area contributed by atoms with E-state index < -0.39 is 0 Å². The lowest BCUT2D eigenvalue weighted by Gasteiger charge is -2.11. The number of benzene rings is 1. The molecule has 0 fully saturated rings. The lowest BCUT2D eigenvalue weighted by molar-refractivity contribution is -0.122. The minimum Gasteiger partial charge on any atom is -0.352 e. The Kier molecular flexibility index (Phi) is 5.43. The molecule has 1 amide bonds. The predicted molar refractivity (Wildman–Crippen MR) is 90.1 cm³/mol. The molecule has 0 spiro atoms. The predicted octanol–water partition coefficient (Wildman–Crippen LogP) is 3.09. The maximum Gasteiger partial charge on any atom is 0.240 e. The van der Waals surface area contributed by atoms with Gasteiger partial charge in [-0.05, 0) is 42.5 Å². The largest absolute Gasteiger partial charge is 0.352 e. The van der Waals surface area contributed by atoms with Crippen LogP contribution in [-0.4, -0.2) is 27.4 Å². The highest BCUT2D eigenvalue weighted by atomic mass is 127. The number of imidazole rings is 1. The molecule has 0 aliphatic carbocycles. The van der Waals surface area contributed by atoms with Crippen molar-refractivity contribution < 1.29 is 9.18 Å². The summed E-state index contributed by atoms with van der Waals surface area (Å²) in [5.74, 6) is 0.652. The first-order valence-corrected chi connectivity index (χ1v) is 8.23. The molecule has 0 aliphatic heterocycles. The van der Waals surface area contributed by atoms with Gasteiger partial charge in [0.25, 0.3) is 0 Å². The van der Waals surface area contributed by atoms with Crippen molar-refractivity contribution in [3.05, 3.63) is 27.3 Å². The lowest BCUT2D eigenvalue weighted by Crippen LogP contribution is -2.33. The van der Waals surface area contributed by atoms with Crippen molar-refractivity contribution in [1.29, 1.82) is 0 Å². The molecule has 7 heteroatoms. The van der Waals surface area contributed by atoms with E-state index in [9.17, 15) is 9.18 Å². The fraction of sp³-hybridized carbons (Fsp3) is 0.429. The molecule has 1 N–H and O–H groups in total. The zero-order valence-electron chi connectivity index (χ0n) is 11.8. The second-order valence-corrected chi connectivity index (χ2v) is 6.57. The van der Waals surface area contributed by atoms with Gasteiger partial charge in [0.05, 0.1) is 14.6 Å². The molecule has 1 aromatic carbocycles. The van der Waals surface area contributed by atoms with Gasteiger partial charge in [-0.3, -0.25) is 4.79 Å². The SMILES string of the molecule is CC(C)NC(=O)Cn1c(CCCl)nc2cc(I)c(F)cc21. The minimum atomic E-state index is -0.314. The monoisotopic (exact) mass is 423 g/mol. The third-order valence-corrected chi connectivity index (χ3v) is 3.95. The number of hydrogen-bond acceptors (Lipinski definition) is 2. The van der Waals surface area contributed by atoms with Gasteiger partial charge < -0.3 is 9.88 Å². The third kappa shape index (κ3) is 3.85. The summed E-state index contributed by atoms with van der Waals surface area (Å²) >= 11 is 7.72. The number of hydrogen-bond donors (Lipinski definition) is 1. The number of nitrogens with zero attached hydrogens (tertiary/aromatic N) is 2. The van der Waals surface area contributed by atoms with Crippen LogP contribution in [0.4, 0.5) is 4.39 Å². The van der Waals surface area contributed by atoms with E-state index in [0.717, 1.165) is 0 Å². The van der Waals surface area contributed by atoms with E-state index in [1.54, 1.807) is 10.6 Å². The number of aromatic nitrogens is 2. The number of carbonyl (C=O) groups excluding carboxylic acids is 1. The van der Waals surface area contributed by atoms with Crippen LogP contribution >= 0.6 is 34.2 Å². The van der Waals surface area contributed by atoms with Gasteiger partial charge in [-0.15, -0.1) is 11.6 Å². The van der Waals surface area contributed by atoms with E-state index in [0.29, 0.717) is 32.7 Å². The molecular formula is C14H16ClFIN3O. The number of amides is 1. The number of halogens is 3. The van der Waals surface area contributed by atoms with Crippen molar-refractivity contribution in [1.82, 2.24) is 14.9 Å². The number of nitrogens with one attached hydrogen (secondary N) is 1. The summed E-state index contributed by atoms with van der Waals surface area (Å²) < 4.78 is 16.0. The van der Waals surface area contributed by atoms with Gasteiger partial charge in [0.15, 0.2) is 0 Å². The smallest absolute Gasteiger partial charge is 0.240 e. The van der Waals surface area contributed by atoms with Crippen LogP contribution in [0.15, 0.2) is 12.1 Å². The fourth-order valence-electron chi connectivity index (χ4n) is 2.13. The molecule has 1 heterocycles. The van der Waals surface area contributed by atoms with Crippen LogP contribution in [0.2, 0.25) is 0 Å². The Labute approximate surface area is 141 Å². The fourth-order valence-corrected chi connectivity index (χ4v) is 2.75. The van der Waals surface area contributed by atoms with E-state index in [1.165, 1.54) is 6.07 Å². The zero-order chi connectivity index (χ0) is 15.6. The van der Waals surface area contributed by atoms with E-state index in [4.69, 9.17) is 11.6 Å². The van der Waals surface area contributed by atoms with Gasteiger partial charge in [0.2, 0.25) is 5.91 Å². The standard InChI is InChI=1S/C14H16ClFIN3O/c1-8(2)18-14(21)7-20-12-5-9(16)10(17)6-11(12)19-13(20)3-4-15/h5-6,8H,3-4,7H2,1-2H3,(H,18,21). The number of alkyl halides is 1. The van der Waals surface area contributed by atoms with Gasteiger partial charge in [-0.25, -0.2) is 9.37 Å². The number of carbonyl (C=O) groups is 1. The molecule has 21 heavy (non-hydrogen) atoms. The Balaban J connectivity index is 2.45. The van der Waals surface area contributed by atoms with Crippen LogP contribution in [0.3, 0.4) is 0 Å². The molecule has 114 valence electrons. The van der Waals surface area contributed by atoms with E-state index >= 15 is 0 Å². The number of aryl methyl sites for hydroxylation is 1. The Hall–Kier alpha value is -0.890. The number of rotatable bonds is 5. The van der Waals surface area contributed by atoms with E-state index in [-0.39, 0.29) is 24.3 Å². The molecule has 0 saturated heterocycles. The Morgan fingerprint density at radius 1 is 1.52 bits per heavy atom. The quantitative estimate of drug-likeness (QED) is 0.593. The van der Waals surface area contributed by atoms with E-state index in [2.05, 4.69) is 10.3 Å². The molecule has 0 radical (unpaired) electrons. The highest BCUT2D eigenvalue weighted by Crippen LogP contribution is 2.22. The van der Waals surface area contributed by atoms with Crippen molar-refractivity contribution in [3.8, 4) is 0 Å².